The Balaban J connectivity index is 2.63. The van der Waals surface area contributed by atoms with Crippen LogP contribution in [0.1, 0.15) is 136 Å². The van der Waals surface area contributed by atoms with Gasteiger partial charge in [-0.15, -0.1) is 0 Å². The highest BCUT2D eigenvalue weighted by Crippen LogP contribution is 2.23. The first-order valence-corrected chi connectivity index (χ1v) is 20.7. The van der Waals surface area contributed by atoms with Crippen molar-refractivity contribution in [3.05, 3.63) is 60.8 Å². The Kier molecular flexibility index (Phi) is 30.4. The van der Waals surface area contributed by atoms with Crippen LogP contribution in [0.3, 0.4) is 0 Å². The van der Waals surface area contributed by atoms with Gasteiger partial charge in [-0.2, -0.15) is 0 Å². The minimum Gasteiger partial charge on any atom is -0.394 e. The number of unbranched alkanes of at least 4 members (excludes halogenated alkanes) is 11. The van der Waals surface area contributed by atoms with Crippen LogP contribution in [0.25, 0.3) is 0 Å². The topological polar surface area (TPSA) is 189 Å². The Labute approximate surface area is 325 Å². The molecule has 0 aromatic heterocycles. The molecule has 0 spiro atoms. The fraction of sp³-hybridized carbons (Fsp3) is 0.744. The molecule has 0 radical (unpaired) electrons. The van der Waals surface area contributed by atoms with Crippen LogP contribution in [-0.2, 0) is 14.3 Å². The molecule has 0 saturated carbocycles. The highest BCUT2D eigenvalue weighted by atomic mass is 16.7. The molecule has 1 aliphatic heterocycles. The normalized spacial score (nSPS) is 23.3. The summed E-state index contributed by atoms with van der Waals surface area (Å²) in [6, 6.07) is -1.22. The maximum absolute atomic E-state index is 13.0. The number of carbonyl (C=O) groups is 1. The number of allylic oxidation sites excluding steroid dienone is 9. The molecular formula is C43H75NO10. The number of ether oxygens (including phenoxy) is 2. The summed E-state index contributed by atoms with van der Waals surface area (Å²) in [5, 5.41) is 75.2. The number of aliphatic hydroxyl groups excluding tert-OH is 7. The van der Waals surface area contributed by atoms with Crippen molar-refractivity contribution in [1.82, 2.24) is 5.32 Å². The predicted molar refractivity (Wildman–Crippen MR) is 214 cm³/mol. The van der Waals surface area contributed by atoms with Crippen LogP contribution < -0.4 is 5.32 Å². The van der Waals surface area contributed by atoms with E-state index in [-0.39, 0.29) is 12.8 Å². The number of hydrogen-bond acceptors (Lipinski definition) is 10. The summed E-state index contributed by atoms with van der Waals surface area (Å²) in [7, 11) is 0. The van der Waals surface area contributed by atoms with E-state index in [4.69, 9.17) is 9.47 Å². The first-order chi connectivity index (χ1) is 26.2. The number of amides is 1. The highest BCUT2D eigenvalue weighted by molar-refractivity contribution is 5.81. The molecule has 1 heterocycles. The van der Waals surface area contributed by atoms with Crippen molar-refractivity contribution in [3.8, 4) is 0 Å². The van der Waals surface area contributed by atoms with Crippen LogP contribution in [-0.4, -0.2) is 110 Å². The smallest absolute Gasteiger partial charge is 0.249 e. The van der Waals surface area contributed by atoms with Crippen molar-refractivity contribution < 1.29 is 50.0 Å². The summed E-state index contributed by atoms with van der Waals surface area (Å²) in [5.41, 5.74) is 0. The lowest BCUT2D eigenvalue weighted by molar-refractivity contribution is -0.303. The minimum absolute atomic E-state index is 0.0363. The molecule has 0 aromatic rings. The Morgan fingerprint density at radius 3 is 1.83 bits per heavy atom. The van der Waals surface area contributed by atoms with Gasteiger partial charge in [0, 0.05) is 6.42 Å². The third-order valence-electron chi connectivity index (χ3n) is 9.51. The van der Waals surface area contributed by atoms with E-state index in [1.807, 2.05) is 12.2 Å². The average Bonchev–Trinajstić information content (AvgIpc) is 3.17. The molecule has 0 aromatic carbocycles. The molecule has 54 heavy (non-hydrogen) atoms. The van der Waals surface area contributed by atoms with E-state index in [2.05, 4.69) is 61.7 Å². The number of carbonyl (C=O) groups excluding carboxylic acids is 1. The maximum atomic E-state index is 13.0. The zero-order valence-electron chi connectivity index (χ0n) is 33.2. The summed E-state index contributed by atoms with van der Waals surface area (Å²) in [5.74, 6) is -0.785. The second kappa shape index (κ2) is 33.0. The van der Waals surface area contributed by atoms with Gasteiger partial charge in [0.05, 0.1) is 25.4 Å². The van der Waals surface area contributed by atoms with Crippen molar-refractivity contribution in [2.24, 2.45) is 0 Å². The number of aliphatic hydroxyl groups is 7. The lowest BCUT2D eigenvalue weighted by Crippen LogP contribution is -2.60. The fourth-order valence-electron chi connectivity index (χ4n) is 5.97. The molecule has 11 heteroatoms. The molecule has 1 fully saturated rings. The van der Waals surface area contributed by atoms with E-state index in [9.17, 15) is 40.5 Å². The van der Waals surface area contributed by atoms with Crippen molar-refractivity contribution in [2.45, 2.75) is 191 Å². The van der Waals surface area contributed by atoms with E-state index < -0.39 is 74.2 Å². The number of nitrogens with one attached hydrogen (secondary N) is 1. The quantitative estimate of drug-likeness (QED) is 0.0316. The van der Waals surface area contributed by atoms with E-state index in [0.717, 1.165) is 44.9 Å². The molecule has 1 rings (SSSR count). The first-order valence-electron chi connectivity index (χ1n) is 20.7. The Hall–Kier alpha value is -2.19. The van der Waals surface area contributed by atoms with E-state index in [0.29, 0.717) is 19.3 Å². The molecule has 0 bridgehead atoms. The van der Waals surface area contributed by atoms with Gasteiger partial charge in [0.25, 0.3) is 0 Å². The summed E-state index contributed by atoms with van der Waals surface area (Å²) in [6.07, 6.45) is 27.3. The van der Waals surface area contributed by atoms with Gasteiger partial charge in [0.2, 0.25) is 5.91 Å². The molecule has 312 valence electrons. The minimum atomic E-state index is -1.68. The molecule has 9 atom stereocenters. The van der Waals surface area contributed by atoms with Gasteiger partial charge < -0.3 is 50.5 Å². The summed E-state index contributed by atoms with van der Waals surface area (Å²) in [6.45, 7) is 3.28. The first kappa shape index (κ1) is 49.8. The van der Waals surface area contributed by atoms with Crippen molar-refractivity contribution >= 4 is 5.91 Å². The monoisotopic (exact) mass is 766 g/mol. The van der Waals surface area contributed by atoms with Crippen molar-refractivity contribution in [1.29, 1.82) is 0 Å². The molecule has 8 N–H and O–H groups in total. The van der Waals surface area contributed by atoms with Gasteiger partial charge in [-0.25, -0.2) is 0 Å². The van der Waals surface area contributed by atoms with Gasteiger partial charge >= 0.3 is 0 Å². The van der Waals surface area contributed by atoms with E-state index in [1.54, 1.807) is 6.08 Å². The lowest BCUT2D eigenvalue weighted by Gasteiger charge is -2.40. The van der Waals surface area contributed by atoms with Crippen molar-refractivity contribution in [2.75, 3.05) is 13.2 Å². The third-order valence-corrected chi connectivity index (χ3v) is 9.51. The maximum Gasteiger partial charge on any atom is 0.249 e. The zero-order valence-corrected chi connectivity index (χ0v) is 33.2. The van der Waals surface area contributed by atoms with E-state index >= 15 is 0 Å². The summed E-state index contributed by atoms with van der Waals surface area (Å²) in [4.78, 5) is 13.0. The largest absolute Gasteiger partial charge is 0.394 e. The van der Waals surface area contributed by atoms with Crippen LogP contribution in [0, 0.1) is 0 Å². The number of hydrogen-bond donors (Lipinski definition) is 8. The van der Waals surface area contributed by atoms with Crippen LogP contribution in [0.2, 0.25) is 0 Å². The second-order valence-electron chi connectivity index (χ2n) is 14.3. The average molecular weight is 766 g/mol. The molecule has 0 aliphatic carbocycles. The molecule has 9 unspecified atom stereocenters. The Morgan fingerprint density at radius 2 is 1.20 bits per heavy atom. The third kappa shape index (κ3) is 23.0. The number of rotatable bonds is 32. The summed E-state index contributed by atoms with van der Waals surface area (Å²) < 4.78 is 11.0. The van der Waals surface area contributed by atoms with Crippen LogP contribution in [0.4, 0.5) is 0 Å². The van der Waals surface area contributed by atoms with Gasteiger partial charge in [-0.1, -0.05) is 120 Å². The molecule has 1 saturated heterocycles. The molecular weight excluding hydrogens is 690 g/mol. The molecule has 11 nitrogen and oxygen atoms in total. The van der Waals surface area contributed by atoms with Crippen molar-refractivity contribution in [3.63, 3.8) is 0 Å². The lowest BCUT2D eigenvalue weighted by atomic mass is 9.99. The zero-order chi connectivity index (χ0) is 39.8. The SMILES string of the molecule is CCCC/C=C/CC/C=C/CC/C=C/CCCC(O)C(O)C(COC1OC(CO)C(O)C(O)C1O)NC(=O)C(O)C/C=C\C/C=C\CCCCCCCC. The molecule has 1 amide bonds. The van der Waals surface area contributed by atoms with Gasteiger partial charge in [0.1, 0.15) is 36.6 Å². The highest BCUT2D eigenvalue weighted by Gasteiger charge is 2.44. The standard InChI is InChI=1S/C43H75NO10/c1-3-5-7-9-11-13-15-17-18-19-21-22-24-26-28-30-35(46)38(48)34(33-53-43-41(51)40(50)39(49)37(32-45)54-43)44-42(52)36(47)31-29-27-25-23-20-16-14-12-10-8-6-4-2/h9,11,17-18,20,22-24,27,29,34-41,43,45-51H,3-8,10,12-16,19,21,25-26,28,30-33H2,1-2H3,(H,44,52)/b11-9+,18-17+,23-20-,24-22+,29-27-. The predicted octanol–water partition coefficient (Wildman–Crippen LogP) is 5.60. The second-order valence-corrected chi connectivity index (χ2v) is 14.3. The van der Waals surface area contributed by atoms with Gasteiger partial charge in [0.15, 0.2) is 6.29 Å². The van der Waals surface area contributed by atoms with Crippen LogP contribution in [0.15, 0.2) is 60.8 Å². The Bertz CT molecular complexity index is 1060. The van der Waals surface area contributed by atoms with Crippen LogP contribution in [0.5, 0.6) is 0 Å². The van der Waals surface area contributed by atoms with Crippen LogP contribution >= 0.6 is 0 Å². The molecule has 1 aliphatic rings. The fourth-order valence-corrected chi connectivity index (χ4v) is 5.97. The van der Waals surface area contributed by atoms with Gasteiger partial charge in [-0.05, 0) is 70.6 Å². The van der Waals surface area contributed by atoms with E-state index in [1.165, 1.54) is 44.9 Å². The Morgan fingerprint density at radius 1 is 0.667 bits per heavy atom. The summed E-state index contributed by atoms with van der Waals surface area (Å²) >= 11 is 0. The van der Waals surface area contributed by atoms with Gasteiger partial charge in [-0.3, -0.25) is 4.79 Å².